The number of likely N-dealkylation sites (tertiary alicyclic amines) is 1. The molecule has 3 rings (SSSR count). The number of rotatable bonds is 5. The number of carbonyl (C=O) groups excluding carboxylic acids is 2. The van der Waals surface area contributed by atoms with E-state index in [9.17, 15) is 31.2 Å². The number of carbonyl (C=O) groups is 2. The minimum absolute atomic E-state index is 0.122. The fourth-order valence-corrected chi connectivity index (χ4v) is 5.12. The maximum atomic E-state index is 12.4. The summed E-state index contributed by atoms with van der Waals surface area (Å²) in [5.74, 6) is -1.16. The van der Waals surface area contributed by atoms with Crippen LogP contribution in [0.25, 0.3) is 6.08 Å². The molecular weight excluding hydrogens is 423 g/mol. The van der Waals surface area contributed by atoms with Gasteiger partial charge < -0.3 is 10.2 Å². The number of anilines is 1. The second-order valence-electron chi connectivity index (χ2n) is 7.19. The lowest BCUT2D eigenvalue weighted by molar-refractivity contribution is -0.143. The van der Waals surface area contributed by atoms with E-state index in [1.807, 2.05) is 5.32 Å². The van der Waals surface area contributed by atoms with Crippen LogP contribution in [0.1, 0.15) is 24.8 Å². The normalized spacial score (nSPS) is 21.4. The predicted octanol–water partition coefficient (Wildman–Crippen LogP) is 1.91. The van der Waals surface area contributed by atoms with Crippen molar-refractivity contribution in [1.29, 1.82) is 0 Å². The number of sulfonamides is 1. The number of nitrogens with one attached hydrogen (secondary N) is 1. The summed E-state index contributed by atoms with van der Waals surface area (Å²) in [6.07, 6.45) is -0.314. The number of halogens is 3. The highest BCUT2D eigenvalue weighted by Gasteiger charge is 2.35. The van der Waals surface area contributed by atoms with Crippen molar-refractivity contribution in [2.24, 2.45) is 0 Å². The van der Waals surface area contributed by atoms with Crippen LogP contribution in [0.5, 0.6) is 0 Å². The minimum atomic E-state index is -4.51. The van der Waals surface area contributed by atoms with Crippen LogP contribution >= 0.6 is 0 Å². The van der Waals surface area contributed by atoms with Gasteiger partial charge in [-0.1, -0.05) is 12.1 Å². The summed E-state index contributed by atoms with van der Waals surface area (Å²) >= 11 is 0. The first kappa shape index (κ1) is 22.1. The molecule has 2 saturated heterocycles. The number of benzene rings is 1. The van der Waals surface area contributed by atoms with E-state index in [4.69, 9.17) is 0 Å². The quantitative estimate of drug-likeness (QED) is 0.702. The topological polar surface area (TPSA) is 86.8 Å². The van der Waals surface area contributed by atoms with E-state index in [0.29, 0.717) is 43.6 Å². The SMILES string of the molecule is O=C(NCC(F)(F)F)C1CCCN1C(=O)C=Cc1ccc(N2CCCS2(=O)=O)cc1. The number of amides is 2. The third-order valence-corrected chi connectivity index (χ3v) is 6.87. The fraction of sp³-hybridized carbons (Fsp3) is 0.474. The first-order chi connectivity index (χ1) is 14.1. The van der Waals surface area contributed by atoms with E-state index in [1.165, 1.54) is 21.4 Å². The van der Waals surface area contributed by atoms with Crippen molar-refractivity contribution in [1.82, 2.24) is 10.2 Å². The number of nitrogens with zero attached hydrogens (tertiary/aromatic N) is 2. The first-order valence-electron chi connectivity index (χ1n) is 9.50. The molecule has 0 radical (unpaired) electrons. The zero-order chi connectivity index (χ0) is 21.9. The van der Waals surface area contributed by atoms with Crippen molar-refractivity contribution in [3.8, 4) is 0 Å². The van der Waals surface area contributed by atoms with Gasteiger partial charge in [0.2, 0.25) is 21.8 Å². The van der Waals surface area contributed by atoms with E-state index in [0.717, 1.165) is 0 Å². The molecule has 1 atom stereocenters. The second-order valence-corrected chi connectivity index (χ2v) is 9.20. The molecule has 2 aliphatic heterocycles. The maximum Gasteiger partial charge on any atom is 0.405 e. The molecule has 0 aromatic heterocycles. The fourth-order valence-electron chi connectivity index (χ4n) is 3.55. The molecule has 1 N–H and O–H groups in total. The largest absolute Gasteiger partial charge is 0.405 e. The molecule has 30 heavy (non-hydrogen) atoms. The molecule has 164 valence electrons. The highest BCUT2D eigenvalue weighted by molar-refractivity contribution is 7.93. The van der Waals surface area contributed by atoms with Crippen molar-refractivity contribution in [3.63, 3.8) is 0 Å². The third kappa shape index (κ3) is 5.32. The van der Waals surface area contributed by atoms with Crippen LogP contribution < -0.4 is 9.62 Å². The molecule has 0 spiro atoms. The Morgan fingerprint density at radius 1 is 1.13 bits per heavy atom. The second kappa shape index (κ2) is 8.66. The standard InChI is InChI=1S/C19H22F3N3O4S/c20-19(21,22)13-23-18(27)16-3-1-10-24(16)17(26)9-6-14-4-7-15(8-5-14)25-11-2-12-30(25,28)29/h4-9,16H,1-3,10-13H2,(H,23,27). The summed E-state index contributed by atoms with van der Waals surface area (Å²) in [7, 11) is -3.27. The maximum absolute atomic E-state index is 12.4. The molecule has 1 unspecified atom stereocenters. The van der Waals surface area contributed by atoms with Crippen LogP contribution in [0.15, 0.2) is 30.3 Å². The summed E-state index contributed by atoms with van der Waals surface area (Å²) in [5, 5.41) is 1.83. The summed E-state index contributed by atoms with van der Waals surface area (Å²) in [6, 6.07) is 5.72. The number of alkyl halides is 3. The Hall–Kier alpha value is -2.56. The van der Waals surface area contributed by atoms with Crippen molar-refractivity contribution >= 4 is 33.6 Å². The van der Waals surface area contributed by atoms with Gasteiger partial charge in [0.25, 0.3) is 0 Å². The average molecular weight is 445 g/mol. The molecule has 2 heterocycles. The number of hydrogen-bond acceptors (Lipinski definition) is 4. The molecule has 0 aliphatic carbocycles. The van der Waals surface area contributed by atoms with Crippen molar-refractivity contribution < 1.29 is 31.2 Å². The van der Waals surface area contributed by atoms with E-state index >= 15 is 0 Å². The van der Waals surface area contributed by atoms with Gasteiger partial charge in [0, 0.05) is 19.2 Å². The highest BCUT2D eigenvalue weighted by Crippen LogP contribution is 2.25. The highest BCUT2D eigenvalue weighted by atomic mass is 32.2. The summed E-state index contributed by atoms with van der Waals surface area (Å²) in [4.78, 5) is 25.7. The molecular formula is C19H22F3N3O4S. The van der Waals surface area contributed by atoms with Gasteiger partial charge in [0.1, 0.15) is 12.6 Å². The summed E-state index contributed by atoms with van der Waals surface area (Å²) in [6.45, 7) is -0.707. The van der Waals surface area contributed by atoms with Gasteiger partial charge in [-0.15, -0.1) is 0 Å². The Bertz CT molecular complexity index is 929. The zero-order valence-corrected chi connectivity index (χ0v) is 16.9. The molecule has 0 saturated carbocycles. The van der Waals surface area contributed by atoms with Crippen molar-refractivity contribution in [2.45, 2.75) is 31.5 Å². The van der Waals surface area contributed by atoms with Crippen molar-refractivity contribution in [2.75, 3.05) is 29.7 Å². The summed E-state index contributed by atoms with van der Waals surface area (Å²) < 4.78 is 62.2. The minimum Gasteiger partial charge on any atom is -0.345 e. The molecule has 7 nitrogen and oxygen atoms in total. The molecule has 11 heteroatoms. The van der Waals surface area contributed by atoms with E-state index in [1.54, 1.807) is 24.3 Å². The van der Waals surface area contributed by atoms with E-state index in [2.05, 4.69) is 0 Å². The smallest absolute Gasteiger partial charge is 0.345 e. The Morgan fingerprint density at radius 2 is 1.83 bits per heavy atom. The third-order valence-electron chi connectivity index (χ3n) is 5.00. The van der Waals surface area contributed by atoms with Crippen LogP contribution in [0.3, 0.4) is 0 Å². The Labute approximate surface area is 172 Å². The van der Waals surface area contributed by atoms with Crippen LogP contribution in [0.4, 0.5) is 18.9 Å². The molecule has 2 aliphatic rings. The van der Waals surface area contributed by atoms with Crippen LogP contribution in [0.2, 0.25) is 0 Å². The Morgan fingerprint density at radius 3 is 2.43 bits per heavy atom. The molecule has 1 aromatic rings. The van der Waals surface area contributed by atoms with Gasteiger partial charge in [-0.2, -0.15) is 13.2 Å². The summed E-state index contributed by atoms with van der Waals surface area (Å²) in [5.41, 5.74) is 1.21. The average Bonchev–Trinajstić information content (AvgIpc) is 3.30. The van der Waals surface area contributed by atoms with Gasteiger partial charge in [-0.05, 0) is 43.0 Å². The van der Waals surface area contributed by atoms with Crippen LogP contribution in [-0.2, 0) is 19.6 Å². The van der Waals surface area contributed by atoms with Crippen LogP contribution in [-0.4, -0.2) is 62.7 Å². The van der Waals surface area contributed by atoms with Gasteiger partial charge in [-0.3, -0.25) is 13.9 Å². The van der Waals surface area contributed by atoms with Gasteiger partial charge >= 0.3 is 6.18 Å². The van der Waals surface area contributed by atoms with Gasteiger partial charge in [-0.25, -0.2) is 8.42 Å². The van der Waals surface area contributed by atoms with Crippen molar-refractivity contribution in [3.05, 3.63) is 35.9 Å². The monoisotopic (exact) mass is 445 g/mol. The van der Waals surface area contributed by atoms with E-state index in [-0.39, 0.29) is 5.75 Å². The first-order valence-corrected chi connectivity index (χ1v) is 11.1. The van der Waals surface area contributed by atoms with Gasteiger partial charge in [0.05, 0.1) is 11.4 Å². The van der Waals surface area contributed by atoms with E-state index < -0.39 is 40.6 Å². The van der Waals surface area contributed by atoms with Gasteiger partial charge in [0.15, 0.2) is 0 Å². The zero-order valence-electron chi connectivity index (χ0n) is 16.1. The Balaban J connectivity index is 1.61. The lowest BCUT2D eigenvalue weighted by atomic mass is 10.1. The molecule has 1 aromatic carbocycles. The van der Waals surface area contributed by atoms with Crippen LogP contribution in [0, 0.1) is 0 Å². The molecule has 2 amide bonds. The predicted molar refractivity (Wildman–Crippen MR) is 105 cm³/mol. The number of hydrogen-bond donors (Lipinski definition) is 1. The Kier molecular flexibility index (Phi) is 6.39. The lowest BCUT2D eigenvalue weighted by Gasteiger charge is -2.23. The molecule has 0 bridgehead atoms. The lowest BCUT2D eigenvalue weighted by Crippen LogP contribution is -2.47. The molecule has 2 fully saturated rings.